The van der Waals surface area contributed by atoms with Crippen molar-refractivity contribution in [2.75, 3.05) is 12.9 Å². The summed E-state index contributed by atoms with van der Waals surface area (Å²) in [6, 6.07) is 9.58. The second-order valence-corrected chi connectivity index (χ2v) is 9.91. The molecular formula is C21H21N5O4S2. The van der Waals surface area contributed by atoms with Gasteiger partial charge in [-0.25, -0.2) is 13.3 Å². The highest BCUT2D eigenvalue weighted by Crippen LogP contribution is 2.31. The lowest BCUT2D eigenvalue weighted by atomic mass is 10.1. The molecule has 11 heteroatoms. The maximum atomic E-state index is 12.6. The molecule has 4 rings (SSSR count). The van der Waals surface area contributed by atoms with Gasteiger partial charge >= 0.3 is 0 Å². The lowest BCUT2D eigenvalue weighted by molar-refractivity contribution is -0.114. The maximum Gasteiger partial charge on any atom is 0.283 e. The molecule has 0 saturated carbocycles. The summed E-state index contributed by atoms with van der Waals surface area (Å²) in [5, 5.41) is 8.26. The van der Waals surface area contributed by atoms with Crippen LogP contribution in [0.1, 0.15) is 23.9 Å². The van der Waals surface area contributed by atoms with Gasteiger partial charge in [-0.1, -0.05) is 0 Å². The fourth-order valence-corrected chi connectivity index (χ4v) is 5.43. The number of hydrogen-bond donors (Lipinski definition) is 1. The Morgan fingerprint density at radius 3 is 2.53 bits per heavy atom. The number of rotatable bonds is 4. The second-order valence-electron chi connectivity index (χ2n) is 7.27. The second kappa shape index (κ2) is 8.06. The third kappa shape index (κ3) is 3.78. The number of fused-ring (bicyclic) bond motifs is 1. The van der Waals surface area contributed by atoms with Crippen molar-refractivity contribution < 1.29 is 17.9 Å². The highest BCUT2D eigenvalue weighted by atomic mass is 32.2. The van der Waals surface area contributed by atoms with Crippen LogP contribution in [0.5, 0.6) is 5.75 Å². The Bertz CT molecular complexity index is 1330. The van der Waals surface area contributed by atoms with Crippen LogP contribution in [-0.4, -0.2) is 52.8 Å². The van der Waals surface area contributed by atoms with Gasteiger partial charge in [-0.3, -0.25) is 10.2 Å². The molecule has 0 fully saturated rings. The van der Waals surface area contributed by atoms with E-state index in [1.165, 1.54) is 0 Å². The van der Waals surface area contributed by atoms with E-state index in [0.29, 0.717) is 6.61 Å². The number of hydrogen-bond acceptors (Lipinski definition) is 7. The average molecular weight is 472 g/mol. The van der Waals surface area contributed by atoms with E-state index in [4.69, 9.17) is 10.1 Å². The smallest absolute Gasteiger partial charge is 0.283 e. The highest BCUT2D eigenvalue weighted by molar-refractivity contribution is 8.16. The topological polar surface area (TPSA) is 117 Å². The number of carbonyl (C=O) groups is 1. The van der Waals surface area contributed by atoms with Crippen LogP contribution in [0.25, 0.3) is 11.8 Å². The summed E-state index contributed by atoms with van der Waals surface area (Å²) in [5.74, 6) is -0.0904. The van der Waals surface area contributed by atoms with Gasteiger partial charge in [0.05, 0.1) is 24.1 Å². The van der Waals surface area contributed by atoms with Crippen LogP contribution in [0.2, 0.25) is 0 Å². The largest absolute Gasteiger partial charge is 0.494 e. The lowest BCUT2D eigenvalue weighted by Crippen LogP contribution is -2.45. The monoisotopic (exact) mass is 471 g/mol. The van der Waals surface area contributed by atoms with Crippen molar-refractivity contribution in [3.05, 3.63) is 52.9 Å². The Labute approximate surface area is 190 Å². The third-order valence-corrected chi connectivity index (χ3v) is 6.76. The van der Waals surface area contributed by atoms with E-state index in [-0.39, 0.29) is 21.7 Å². The number of amides is 1. The molecule has 1 aromatic heterocycles. The van der Waals surface area contributed by atoms with Gasteiger partial charge in [0.2, 0.25) is 20.2 Å². The molecule has 3 heterocycles. The van der Waals surface area contributed by atoms with Crippen LogP contribution in [0.3, 0.4) is 0 Å². The Kier molecular flexibility index (Phi) is 5.55. The Morgan fingerprint density at radius 2 is 1.91 bits per heavy atom. The quantitative estimate of drug-likeness (QED) is 0.541. The Balaban J connectivity index is 1.73. The first-order valence-electron chi connectivity index (χ1n) is 9.72. The first kappa shape index (κ1) is 22.0. The van der Waals surface area contributed by atoms with Gasteiger partial charge in [0.25, 0.3) is 5.91 Å². The zero-order valence-electron chi connectivity index (χ0n) is 17.9. The van der Waals surface area contributed by atoms with Gasteiger partial charge in [-0.2, -0.15) is 9.39 Å². The summed E-state index contributed by atoms with van der Waals surface area (Å²) in [6.45, 7) is 6.37. The first-order chi connectivity index (χ1) is 15.1. The molecule has 1 N–H and O–H groups in total. The summed E-state index contributed by atoms with van der Waals surface area (Å²) in [6.07, 6.45) is 2.58. The minimum absolute atomic E-state index is 0.000422. The molecule has 2 aliphatic rings. The van der Waals surface area contributed by atoms with E-state index in [1.807, 2.05) is 55.7 Å². The van der Waals surface area contributed by atoms with Crippen molar-refractivity contribution >= 4 is 49.9 Å². The predicted octanol–water partition coefficient (Wildman–Crippen LogP) is 3.11. The number of sulfone groups is 1. The van der Waals surface area contributed by atoms with Crippen molar-refractivity contribution in [3.8, 4) is 11.4 Å². The summed E-state index contributed by atoms with van der Waals surface area (Å²) in [4.78, 5) is 17.7. The van der Waals surface area contributed by atoms with Crippen LogP contribution in [-0.2, 0) is 14.6 Å². The molecule has 1 aromatic carbocycles. The van der Waals surface area contributed by atoms with E-state index in [2.05, 4.69) is 9.39 Å². The summed E-state index contributed by atoms with van der Waals surface area (Å²) in [5.41, 5.74) is 3.46. The van der Waals surface area contributed by atoms with E-state index >= 15 is 0 Å². The molecule has 0 atom stereocenters. The van der Waals surface area contributed by atoms with Crippen LogP contribution < -0.4 is 4.74 Å². The fourth-order valence-electron chi connectivity index (χ4n) is 3.58. The van der Waals surface area contributed by atoms with Crippen molar-refractivity contribution in [1.82, 2.24) is 9.47 Å². The Hall–Kier alpha value is -3.18. The minimum Gasteiger partial charge on any atom is -0.494 e. The molecule has 2 aliphatic heterocycles. The van der Waals surface area contributed by atoms with Crippen LogP contribution in [0.4, 0.5) is 0 Å². The molecule has 1 amide bonds. The van der Waals surface area contributed by atoms with Crippen LogP contribution in [0.15, 0.2) is 45.3 Å². The molecule has 0 saturated heterocycles. The molecule has 166 valence electrons. The van der Waals surface area contributed by atoms with Crippen LogP contribution >= 0.6 is 11.9 Å². The van der Waals surface area contributed by atoms with E-state index in [0.717, 1.165) is 51.5 Å². The minimum atomic E-state index is -3.69. The normalized spacial score (nSPS) is 17.5. The number of benzene rings is 1. The van der Waals surface area contributed by atoms with Gasteiger partial charge < -0.3 is 9.30 Å². The number of ether oxygens (including phenoxy) is 1. The zero-order valence-corrected chi connectivity index (χ0v) is 19.5. The summed E-state index contributed by atoms with van der Waals surface area (Å²) in [7, 11) is -3.69. The first-order valence-corrected chi connectivity index (χ1v) is 12.4. The number of aryl methyl sites for hydroxylation is 1. The molecule has 0 unspecified atom stereocenters. The van der Waals surface area contributed by atoms with Crippen molar-refractivity contribution in [3.63, 3.8) is 0 Å². The molecule has 0 spiro atoms. The Morgan fingerprint density at radius 1 is 1.22 bits per heavy atom. The number of carbonyl (C=O) groups excluding carboxylic acids is 1. The molecule has 0 bridgehead atoms. The van der Waals surface area contributed by atoms with Crippen molar-refractivity contribution in [2.24, 2.45) is 9.39 Å². The number of aliphatic imine (C=N–C) groups is 1. The zero-order chi connectivity index (χ0) is 23.2. The SMILES string of the molecule is CCOc1ccc(-n2c(C)cc(C=C3C(=N)N4C(=NC3=O)SN=C4S(C)(=O)=O)c2C)cc1. The lowest BCUT2D eigenvalue weighted by Gasteiger charge is -2.23. The highest BCUT2D eigenvalue weighted by Gasteiger charge is 2.41. The van der Waals surface area contributed by atoms with Gasteiger partial charge in [-0.05, 0) is 62.7 Å². The summed E-state index contributed by atoms with van der Waals surface area (Å²) < 4.78 is 35.5. The van der Waals surface area contributed by atoms with Crippen molar-refractivity contribution in [1.29, 1.82) is 5.41 Å². The molecular weight excluding hydrogens is 450 g/mol. The van der Waals surface area contributed by atoms with Crippen molar-refractivity contribution in [2.45, 2.75) is 20.8 Å². The molecule has 32 heavy (non-hydrogen) atoms. The maximum absolute atomic E-state index is 12.6. The number of amidine groups is 3. The molecule has 0 radical (unpaired) electrons. The molecule has 2 aromatic rings. The van der Waals surface area contributed by atoms with E-state index in [9.17, 15) is 13.2 Å². The van der Waals surface area contributed by atoms with Gasteiger partial charge in [0.1, 0.15) is 11.6 Å². The number of nitrogens with one attached hydrogen (secondary N) is 1. The molecule has 0 aliphatic carbocycles. The predicted molar refractivity (Wildman–Crippen MR) is 126 cm³/mol. The van der Waals surface area contributed by atoms with Crippen LogP contribution in [0, 0.1) is 19.3 Å². The van der Waals surface area contributed by atoms with E-state index in [1.54, 1.807) is 6.08 Å². The molecule has 9 nitrogen and oxygen atoms in total. The standard InChI is InChI=1S/C21H21N5O4S2/c1-5-30-16-8-6-15(7-9-16)25-12(2)10-14(13(25)3)11-17-18(22)26-20(23-19(17)27)31-24-21(26)32(4,28)29/h6-11,22H,5H2,1-4H3. The summed E-state index contributed by atoms with van der Waals surface area (Å²) >= 11 is 0.770. The number of nitrogens with zero attached hydrogens (tertiary/aromatic N) is 4. The number of aromatic nitrogens is 1. The fraction of sp³-hybridized carbons (Fsp3) is 0.238. The van der Waals surface area contributed by atoms with Gasteiger partial charge in [-0.15, -0.1) is 0 Å². The average Bonchev–Trinajstić information content (AvgIpc) is 3.27. The van der Waals surface area contributed by atoms with E-state index < -0.39 is 15.7 Å². The van der Waals surface area contributed by atoms with Gasteiger partial charge in [0, 0.05) is 23.3 Å². The van der Waals surface area contributed by atoms with Gasteiger partial charge in [0.15, 0.2) is 0 Å². The third-order valence-electron chi connectivity index (χ3n) is 5.00.